The predicted molar refractivity (Wildman–Crippen MR) is 98.6 cm³/mol. The third-order valence-corrected chi connectivity index (χ3v) is 6.06. The average molecular weight is 372 g/mol. The molecule has 0 unspecified atom stereocenters. The fourth-order valence-corrected chi connectivity index (χ4v) is 4.19. The summed E-state index contributed by atoms with van der Waals surface area (Å²) in [4.78, 5) is 26.1. The maximum atomic E-state index is 12.3. The van der Waals surface area contributed by atoms with Crippen LogP contribution in [0.1, 0.15) is 12.0 Å². The van der Waals surface area contributed by atoms with Gasteiger partial charge in [-0.2, -0.15) is 0 Å². The molecular formula is C19H20N2O4S. The van der Waals surface area contributed by atoms with Crippen LogP contribution in [0.15, 0.2) is 59.5 Å². The summed E-state index contributed by atoms with van der Waals surface area (Å²) in [5.74, 6) is -0.941. The van der Waals surface area contributed by atoms with Crippen LogP contribution in [0.5, 0.6) is 0 Å². The first-order valence-corrected chi connectivity index (χ1v) is 10.1. The lowest BCUT2D eigenvalue weighted by Gasteiger charge is -2.17. The van der Waals surface area contributed by atoms with E-state index in [2.05, 4.69) is 5.32 Å². The molecule has 0 saturated heterocycles. The third kappa shape index (κ3) is 4.11. The molecule has 6 nitrogen and oxygen atoms in total. The molecule has 0 bridgehead atoms. The van der Waals surface area contributed by atoms with Crippen LogP contribution >= 0.6 is 0 Å². The molecule has 1 heterocycles. The van der Waals surface area contributed by atoms with E-state index in [4.69, 9.17) is 0 Å². The molecule has 2 aromatic rings. The Bertz CT molecular complexity index is 910. The SMILES string of the molecule is O=C(CCS(=O)(=O)c1ccccc1)NCC(=O)N1CCc2ccccc21. The van der Waals surface area contributed by atoms with Gasteiger partial charge in [-0.15, -0.1) is 0 Å². The zero-order valence-electron chi connectivity index (χ0n) is 14.2. The van der Waals surface area contributed by atoms with Gasteiger partial charge < -0.3 is 10.2 Å². The number of para-hydroxylation sites is 1. The van der Waals surface area contributed by atoms with E-state index in [0.29, 0.717) is 6.54 Å². The quantitative estimate of drug-likeness (QED) is 0.834. The number of nitrogens with one attached hydrogen (secondary N) is 1. The van der Waals surface area contributed by atoms with Crippen molar-refractivity contribution >= 4 is 27.3 Å². The monoisotopic (exact) mass is 372 g/mol. The first kappa shape index (κ1) is 18.1. The Morgan fingerprint density at radius 2 is 1.69 bits per heavy atom. The summed E-state index contributed by atoms with van der Waals surface area (Å²) in [6, 6.07) is 15.7. The Hall–Kier alpha value is -2.67. The summed E-state index contributed by atoms with van der Waals surface area (Å²) in [7, 11) is -3.51. The number of hydrogen-bond acceptors (Lipinski definition) is 4. The lowest BCUT2D eigenvalue weighted by atomic mass is 10.2. The van der Waals surface area contributed by atoms with Crippen molar-refractivity contribution in [1.29, 1.82) is 0 Å². The Morgan fingerprint density at radius 3 is 2.46 bits per heavy atom. The number of carbonyl (C=O) groups excluding carboxylic acids is 2. The third-order valence-electron chi connectivity index (χ3n) is 4.33. The minimum Gasteiger partial charge on any atom is -0.347 e. The van der Waals surface area contributed by atoms with Gasteiger partial charge >= 0.3 is 0 Å². The van der Waals surface area contributed by atoms with Crippen molar-refractivity contribution in [2.45, 2.75) is 17.7 Å². The molecule has 0 spiro atoms. The number of benzene rings is 2. The topological polar surface area (TPSA) is 83.5 Å². The molecule has 1 aliphatic heterocycles. The van der Waals surface area contributed by atoms with E-state index in [9.17, 15) is 18.0 Å². The molecule has 136 valence electrons. The smallest absolute Gasteiger partial charge is 0.246 e. The molecule has 1 N–H and O–H groups in total. The molecule has 7 heteroatoms. The van der Waals surface area contributed by atoms with Crippen molar-refractivity contribution < 1.29 is 18.0 Å². The van der Waals surface area contributed by atoms with Gasteiger partial charge in [0.25, 0.3) is 0 Å². The highest BCUT2D eigenvalue weighted by Crippen LogP contribution is 2.27. The highest BCUT2D eigenvalue weighted by Gasteiger charge is 2.24. The van der Waals surface area contributed by atoms with Crippen LogP contribution in [0, 0.1) is 0 Å². The fourth-order valence-electron chi connectivity index (χ4n) is 2.93. The molecule has 0 aliphatic carbocycles. The van der Waals surface area contributed by atoms with Crippen LogP contribution in [-0.4, -0.2) is 39.1 Å². The number of rotatable bonds is 6. The zero-order chi connectivity index (χ0) is 18.6. The van der Waals surface area contributed by atoms with Crippen molar-refractivity contribution in [2.75, 3.05) is 23.7 Å². The van der Waals surface area contributed by atoms with Gasteiger partial charge in [-0.25, -0.2) is 8.42 Å². The van der Waals surface area contributed by atoms with Gasteiger partial charge in [0.2, 0.25) is 11.8 Å². The Labute approximate surface area is 152 Å². The van der Waals surface area contributed by atoms with Gasteiger partial charge in [0, 0.05) is 18.7 Å². The minimum atomic E-state index is -3.51. The molecule has 0 atom stereocenters. The van der Waals surface area contributed by atoms with E-state index in [0.717, 1.165) is 17.7 Å². The number of nitrogens with zero attached hydrogens (tertiary/aromatic N) is 1. The van der Waals surface area contributed by atoms with Gasteiger partial charge in [0.15, 0.2) is 9.84 Å². The van der Waals surface area contributed by atoms with E-state index in [-0.39, 0.29) is 29.5 Å². The lowest BCUT2D eigenvalue weighted by molar-refractivity contribution is -0.124. The molecule has 2 amide bonds. The number of sulfone groups is 1. The number of hydrogen-bond donors (Lipinski definition) is 1. The molecular weight excluding hydrogens is 352 g/mol. The summed E-state index contributed by atoms with van der Waals surface area (Å²) in [6.07, 6.45) is 0.617. The van der Waals surface area contributed by atoms with E-state index in [1.807, 2.05) is 24.3 Å². The van der Waals surface area contributed by atoms with Crippen molar-refractivity contribution in [3.8, 4) is 0 Å². The fraction of sp³-hybridized carbons (Fsp3) is 0.263. The second-order valence-corrected chi connectivity index (χ2v) is 8.19. The van der Waals surface area contributed by atoms with Gasteiger partial charge in [-0.05, 0) is 30.2 Å². The number of amides is 2. The molecule has 1 aliphatic rings. The van der Waals surface area contributed by atoms with Crippen LogP contribution in [0.3, 0.4) is 0 Å². The Kier molecular flexibility index (Phi) is 5.37. The van der Waals surface area contributed by atoms with Gasteiger partial charge in [-0.3, -0.25) is 9.59 Å². The normalized spacial score (nSPS) is 13.3. The van der Waals surface area contributed by atoms with Gasteiger partial charge in [0.05, 0.1) is 17.2 Å². The van der Waals surface area contributed by atoms with Crippen molar-refractivity contribution in [1.82, 2.24) is 5.32 Å². The second-order valence-electron chi connectivity index (χ2n) is 6.08. The highest BCUT2D eigenvalue weighted by atomic mass is 32.2. The van der Waals surface area contributed by atoms with Gasteiger partial charge in [-0.1, -0.05) is 36.4 Å². The van der Waals surface area contributed by atoms with Crippen LogP contribution < -0.4 is 10.2 Å². The molecule has 0 saturated carbocycles. The second kappa shape index (κ2) is 7.70. The largest absolute Gasteiger partial charge is 0.347 e. The van der Waals surface area contributed by atoms with E-state index in [1.165, 1.54) is 12.1 Å². The van der Waals surface area contributed by atoms with Crippen molar-refractivity contribution in [3.05, 3.63) is 60.2 Å². The highest BCUT2D eigenvalue weighted by molar-refractivity contribution is 7.91. The zero-order valence-corrected chi connectivity index (χ0v) is 15.0. The van der Waals surface area contributed by atoms with E-state index < -0.39 is 15.7 Å². The molecule has 0 fully saturated rings. The molecule has 0 radical (unpaired) electrons. The lowest BCUT2D eigenvalue weighted by Crippen LogP contribution is -2.39. The van der Waals surface area contributed by atoms with Crippen LogP contribution in [-0.2, 0) is 25.8 Å². The summed E-state index contributed by atoms with van der Waals surface area (Å²) in [5.41, 5.74) is 1.99. The number of anilines is 1. The van der Waals surface area contributed by atoms with Crippen molar-refractivity contribution in [3.63, 3.8) is 0 Å². The molecule has 26 heavy (non-hydrogen) atoms. The van der Waals surface area contributed by atoms with Crippen molar-refractivity contribution in [2.24, 2.45) is 0 Å². The number of carbonyl (C=O) groups is 2. The van der Waals surface area contributed by atoms with Crippen LogP contribution in [0.4, 0.5) is 5.69 Å². The summed E-state index contributed by atoms with van der Waals surface area (Å²) in [5, 5.41) is 2.52. The maximum absolute atomic E-state index is 12.3. The Morgan fingerprint density at radius 1 is 1.00 bits per heavy atom. The molecule has 0 aromatic heterocycles. The number of fused-ring (bicyclic) bond motifs is 1. The molecule has 2 aromatic carbocycles. The molecule has 3 rings (SSSR count). The predicted octanol–water partition coefficient (Wildman–Crippen LogP) is 1.56. The Balaban J connectivity index is 1.50. The van der Waals surface area contributed by atoms with Crippen LogP contribution in [0.25, 0.3) is 0 Å². The van der Waals surface area contributed by atoms with Gasteiger partial charge in [0.1, 0.15) is 0 Å². The summed E-state index contributed by atoms with van der Waals surface area (Å²) in [6.45, 7) is 0.453. The first-order valence-electron chi connectivity index (χ1n) is 8.40. The first-order chi connectivity index (χ1) is 12.5. The standard InChI is InChI=1S/C19H20N2O4S/c22-18(11-13-26(24,25)16-7-2-1-3-8-16)20-14-19(23)21-12-10-15-6-4-5-9-17(15)21/h1-9H,10-14H2,(H,20,22). The minimum absolute atomic E-state index is 0.140. The van der Waals surface area contributed by atoms with Crippen LogP contribution in [0.2, 0.25) is 0 Å². The van der Waals surface area contributed by atoms with E-state index >= 15 is 0 Å². The average Bonchev–Trinajstić information content (AvgIpc) is 3.09. The van der Waals surface area contributed by atoms with E-state index in [1.54, 1.807) is 23.1 Å². The summed E-state index contributed by atoms with van der Waals surface area (Å²) < 4.78 is 24.3. The summed E-state index contributed by atoms with van der Waals surface area (Å²) >= 11 is 0. The maximum Gasteiger partial charge on any atom is 0.246 e.